The summed E-state index contributed by atoms with van der Waals surface area (Å²) in [7, 11) is 1.52. The molecule has 14 heavy (non-hydrogen) atoms. The van der Waals surface area contributed by atoms with Crippen LogP contribution in [-0.4, -0.2) is 18.1 Å². The third kappa shape index (κ3) is 2.99. The average Bonchev–Trinajstić information content (AvgIpc) is 2.19. The van der Waals surface area contributed by atoms with Crippen molar-refractivity contribution in [2.75, 3.05) is 7.05 Å². The molecule has 0 saturated heterocycles. The van der Waals surface area contributed by atoms with Crippen molar-refractivity contribution in [3.05, 3.63) is 28.0 Å². The maximum atomic E-state index is 10.8. The zero-order valence-electron chi connectivity index (χ0n) is 8.00. The van der Waals surface area contributed by atoms with Crippen LogP contribution in [0.3, 0.4) is 0 Å². The molecule has 0 aromatic carbocycles. The number of ether oxygens (including phenoxy) is 1. The number of amides is 1. The maximum Gasteiger partial charge on any atom is 0.407 e. The molecule has 1 aromatic rings. The van der Waals surface area contributed by atoms with Crippen LogP contribution in [0.2, 0.25) is 0 Å². The molecule has 1 heterocycles. The number of aromatic nitrogens is 1. The minimum atomic E-state index is -0.452. The maximum absolute atomic E-state index is 10.8. The predicted molar refractivity (Wildman–Crippen MR) is 55.9 cm³/mol. The number of aryl methyl sites for hydroxylation is 1. The number of rotatable bonds is 2. The second-order valence-electron chi connectivity index (χ2n) is 2.75. The minimum Gasteiger partial charge on any atom is -0.443 e. The molecule has 0 saturated carbocycles. The highest BCUT2D eigenvalue weighted by Crippen LogP contribution is 2.14. The lowest BCUT2D eigenvalue weighted by molar-refractivity contribution is 0.140. The first-order chi connectivity index (χ1) is 6.63. The second kappa shape index (κ2) is 4.95. The van der Waals surface area contributed by atoms with Gasteiger partial charge in [-0.25, -0.2) is 4.79 Å². The van der Waals surface area contributed by atoms with E-state index in [4.69, 9.17) is 4.74 Å². The Hall–Kier alpha value is -1.10. The summed E-state index contributed by atoms with van der Waals surface area (Å²) in [5, 5.41) is 2.36. The van der Waals surface area contributed by atoms with Crippen LogP contribution in [0.5, 0.6) is 0 Å². The van der Waals surface area contributed by atoms with Crippen LogP contribution in [-0.2, 0) is 11.3 Å². The van der Waals surface area contributed by atoms with E-state index >= 15 is 0 Å². The molecule has 0 radical (unpaired) electrons. The van der Waals surface area contributed by atoms with Gasteiger partial charge in [0.15, 0.2) is 0 Å². The third-order valence-corrected chi connectivity index (χ3v) is 2.49. The molecule has 0 fully saturated rings. The number of carbonyl (C=O) groups excluding carboxylic acids is 1. The van der Waals surface area contributed by atoms with Crippen molar-refractivity contribution in [3.63, 3.8) is 0 Å². The number of halogens is 1. The zero-order valence-corrected chi connectivity index (χ0v) is 9.59. The lowest BCUT2D eigenvalue weighted by atomic mass is 10.2. The third-order valence-electron chi connectivity index (χ3n) is 1.66. The van der Waals surface area contributed by atoms with Gasteiger partial charge in [0.2, 0.25) is 0 Å². The summed E-state index contributed by atoms with van der Waals surface area (Å²) in [6.45, 7) is 2.14. The van der Waals surface area contributed by atoms with Crippen molar-refractivity contribution in [2.24, 2.45) is 0 Å². The van der Waals surface area contributed by atoms with Crippen LogP contribution in [0, 0.1) is 6.92 Å². The summed E-state index contributed by atoms with van der Waals surface area (Å²) in [5.41, 5.74) is 1.80. The van der Waals surface area contributed by atoms with Gasteiger partial charge in [0.1, 0.15) is 6.61 Å². The summed E-state index contributed by atoms with van der Waals surface area (Å²) in [6, 6.07) is 1.87. The standard InChI is InChI=1S/C9H11BrN2O2/c1-6-3-7(12-4-8(6)10)5-14-9(13)11-2/h3-4H,5H2,1-2H3,(H,11,13). The first-order valence-electron chi connectivity index (χ1n) is 4.09. The summed E-state index contributed by atoms with van der Waals surface area (Å²) in [4.78, 5) is 14.9. The Morgan fingerprint density at radius 1 is 1.71 bits per heavy atom. The van der Waals surface area contributed by atoms with Crippen LogP contribution < -0.4 is 5.32 Å². The molecule has 4 nitrogen and oxygen atoms in total. The molecule has 1 amide bonds. The molecule has 0 spiro atoms. The fourth-order valence-electron chi connectivity index (χ4n) is 0.888. The van der Waals surface area contributed by atoms with Crippen LogP contribution in [0.25, 0.3) is 0 Å². The Bertz CT molecular complexity index is 342. The lowest BCUT2D eigenvalue weighted by Crippen LogP contribution is -2.19. The topological polar surface area (TPSA) is 51.2 Å². The van der Waals surface area contributed by atoms with E-state index in [1.165, 1.54) is 7.05 Å². The van der Waals surface area contributed by atoms with Gasteiger partial charge in [-0.3, -0.25) is 4.98 Å². The molecular formula is C9H11BrN2O2. The molecular weight excluding hydrogens is 248 g/mol. The molecule has 0 atom stereocenters. The van der Waals surface area contributed by atoms with Crippen molar-refractivity contribution in [2.45, 2.75) is 13.5 Å². The van der Waals surface area contributed by atoms with Gasteiger partial charge in [-0.1, -0.05) is 0 Å². The Morgan fingerprint density at radius 3 is 3.00 bits per heavy atom. The van der Waals surface area contributed by atoms with E-state index in [0.717, 1.165) is 15.7 Å². The fourth-order valence-corrected chi connectivity index (χ4v) is 1.10. The van der Waals surface area contributed by atoms with E-state index in [2.05, 4.69) is 26.2 Å². The average molecular weight is 259 g/mol. The molecule has 1 N–H and O–H groups in total. The number of pyridine rings is 1. The minimum absolute atomic E-state index is 0.188. The van der Waals surface area contributed by atoms with Crippen LogP contribution in [0.1, 0.15) is 11.3 Å². The molecule has 76 valence electrons. The van der Waals surface area contributed by atoms with E-state index in [1.54, 1.807) is 6.20 Å². The Balaban J connectivity index is 2.60. The van der Waals surface area contributed by atoms with Crippen molar-refractivity contribution in [3.8, 4) is 0 Å². The van der Waals surface area contributed by atoms with E-state index in [0.29, 0.717) is 0 Å². The molecule has 0 aliphatic rings. The Morgan fingerprint density at radius 2 is 2.43 bits per heavy atom. The second-order valence-corrected chi connectivity index (χ2v) is 3.61. The number of carbonyl (C=O) groups is 1. The van der Waals surface area contributed by atoms with Gasteiger partial charge in [-0.2, -0.15) is 0 Å². The molecule has 0 unspecified atom stereocenters. The largest absolute Gasteiger partial charge is 0.443 e. The number of alkyl carbamates (subject to hydrolysis) is 1. The molecule has 0 aliphatic carbocycles. The van der Waals surface area contributed by atoms with Crippen molar-refractivity contribution < 1.29 is 9.53 Å². The van der Waals surface area contributed by atoms with Crippen molar-refractivity contribution in [1.29, 1.82) is 0 Å². The highest BCUT2D eigenvalue weighted by atomic mass is 79.9. The number of nitrogens with zero attached hydrogens (tertiary/aromatic N) is 1. The quantitative estimate of drug-likeness (QED) is 0.883. The van der Waals surface area contributed by atoms with Gasteiger partial charge < -0.3 is 10.1 Å². The first-order valence-corrected chi connectivity index (χ1v) is 4.88. The van der Waals surface area contributed by atoms with Gasteiger partial charge in [0.05, 0.1) is 5.69 Å². The molecule has 0 bridgehead atoms. The van der Waals surface area contributed by atoms with Crippen molar-refractivity contribution in [1.82, 2.24) is 10.3 Å². The van der Waals surface area contributed by atoms with Gasteiger partial charge >= 0.3 is 6.09 Å². The predicted octanol–water partition coefficient (Wildman–Crippen LogP) is 2.01. The number of hydrogen-bond acceptors (Lipinski definition) is 3. The smallest absolute Gasteiger partial charge is 0.407 e. The molecule has 1 rings (SSSR count). The Labute approximate surface area is 90.8 Å². The van der Waals surface area contributed by atoms with E-state index in [1.807, 2.05) is 13.0 Å². The molecule has 5 heteroatoms. The Kier molecular flexibility index (Phi) is 3.88. The van der Waals surface area contributed by atoms with Gasteiger partial charge in [0, 0.05) is 17.7 Å². The lowest BCUT2D eigenvalue weighted by Gasteiger charge is -2.04. The summed E-state index contributed by atoms with van der Waals surface area (Å²) < 4.78 is 5.79. The zero-order chi connectivity index (χ0) is 10.6. The molecule has 1 aromatic heterocycles. The SMILES string of the molecule is CNC(=O)OCc1cc(C)c(Br)cn1. The fraction of sp³-hybridized carbons (Fsp3) is 0.333. The first kappa shape index (κ1) is 11.0. The van der Waals surface area contributed by atoms with Gasteiger partial charge in [-0.15, -0.1) is 0 Å². The van der Waals surface area contributed by atoms with Gasteiger partial charge in [-0.05, 0) is 34.5 Å². The normalized spacial score (nSPS) is 9.64. The molecule has 0 aliphatic heterocycles. The van der Waals surface area contributed by atoms with Crippen LogP contribution in [0.4, 0.5) is 4.79 Å². The highest BCUT2D eigenvalue weighted by molar-refractivity contribution is 9.10. The summed E-state index contributed by atoms with van der Waals surface area (Å²) >= 11 is 3.34. The van der Waals surface area contributed by atoms with E-state index < -0.39 is 6.09 Å². The van der Waals surface area contributed by atoms with Gasteiger partial charge in [0.25, 0.3) is 0 Å². The number of hydrogen-bond donors (Lipinski definition) is 1. The van der Waals surface area contributed by atoms with E-state index in [9.17, 15) is 4.79 Å². The summed E-state index contributed by atoms with van der Waals surface area (Å²) in [6.07, 6.45) is 1.24. The highest BCUT2D eigenvalue weighted by Gasteiger charge is 2.02. The van der Waals surface area contributed by atoms with Crippen LogP contribution >= 0.6 is 15.9 Å². The summed E-state index contributed by atoms with van der Waals surface area (Å²) in [5.74, 6) is 0. The monoisotopic (exact) mass is 258 g/mol. The van der Waals surface area contributed by atoms with Crippen molar-refractivity contribution >= 4 is 22.0 Å². The van der Waals surface area contributed by atoms with Crippen LogP contribution in [0.15, 0.2) is 16.7 Å². The van der Waals surface area contributed by atoms with E-state index in [-0.39, 0.29) is 6.61 Å². The number of nitrogens with one attached hydrogen (secondary N) is 1.